The second-order valence-electron chi connectivity index (χ2n) is 8.05. The van der Waals surface area contributed by atoms with Gasteiger partial charge in [0.15, 0.2) is 0 Å². The summed E-state index contributed by atoms with van der Waals surface area (Å²) < 4.78 is 44.5. The highest BCUT2D eigenvalue weighted by Crippen LogP contribution is 2.43. The molecular formula is C23H21F3N2O2S3. The molecule has 3 heterocycles. The molecule has 0 radical (unpaired) electrons. The van der Waals surface area contributed by atoms with E-state index in [0.29, 0.717) is 26.5 Å². The molecule has 4 aromatic rings. The van der Waals surface area contributed by atoms with Gasteiger partial charge in [-0.25, -0.2) is 4.79 Å². The highest BCUT2D eigenvalue weighted by atomic mass is 32.2. The monoisotopic (exact) mass is 510 g/mol. The second kappa shape index (κ2) is 9.15. The van der Waals surface area contributed by atoms with Gasteiger partial charge in [-0.2, -0.15) is 13.2 Å². The molecule has 174 valence electrons. The van der Waals surface area contributed by atoms with E-state index in [0.717, 1.165) is 14.8 Å². The molecule has 0 N–H and O–H groups in total. The van der Waals surface area contributed by atoms with Crippen LogP contribution in [0, 0.1) is 5.92 Å². The molecular weight excluding hydrogens is 489 g/mol. The van der Waals surface area contributed by atoms with E-state index in [1.165, 1.54) is 53.6 Å². The summed E-state index contributed by atoms with van der Waals surface area (Å²) in [6.07, 6.45) is -4.47. The van der Waals surface area contributed by atoms with Crippen molar-refractivity contribution in [2.24, 2.45) is 13.0 Å². The van der Waals surface area contributed by atoms with Crippen LogP contribution in [0.25, 0.3) is 10.2 Å². The van der Waals surface area contributed by atoms with Gasteiger partial charge in [-0.05, 0) is 29.0 Å². The van der Waals surface area contributed by atoms with E-state index in [-0.39, 0.29) is 17.9 Å². The van der Waals surface area contributed by atoms with E-state index in [1.807, 2.05) is 31.4 Å². The van der Waals surface area contributed by atoms with Gasteiger partial charge in [-0.1, -0.05) is 49.9 Å². The van der Waals surface area contributed by atoms with E-state index in [2.05, 4.69) is 0 Å². The molecule has 0 aliphatic heterocycles. The third-order valence-corrected chi connectivity index (χ3v) is 8.65. The van der Waals surface area contributed by atoms with Gasteiger partial charge in [0, 0.05) is 29.8 Å². The van der Waals surface area contributed by atoms with Crippen molar-refractivity contribution in [3.8, 4) is 0 Å². The number of rotatable bonds is 6. The molecule has 0 bridgehead atoms. The number of thiophene rings is 2. The minimum absolute atomic E-state index is 0.0156. The highest BCUT2D eigenvalue weighted by molar-refractivity contribution is 8.01. The number of hydrogen-bond acceptors (Lipinski definition) is 5. The molecule has 0 saturated carbocycles. The van der Waals surface area contributed by atoms with Crippen LogP contribution < -0.4 is 11.2 Å². The van der Waals surface area contributed by atoms with Crippen molar-refractivity contribution in [3.63, 3.8) is 0 Å². The molecule has 0 aliphatic rings. The SMILES string of the molecule is CC(C)Cn1c(=O)n(C)c(=O)c2c(Sc3cccs3)c(Cc3ccccc3C(F)(F)F)sc21. The fourth-order valence-electron chi connectivity index (χ4n) is 3.65. The molecule has 0 spiro atoms. The van der Waals surface area contributed by atoms with Crippen LogP contribution in [0.4, 0.5) is 13.2 Å². The number of hydrogen-bond donors (Lipinski definition) is 0. The van der Waals surface area contributed by atoms with Gasteiger partial charge in [0.05, 0.1) is 15.2 Å². The number of nitrogens with zero attached hydrogens (tertiary/aromatic N) is 2. The van der Waals surface area contributed by atoms with Gasteiger partial charge in [0.2, 0.25) is 0 Å². The Morgan fingerprint density at radius 1 is 1.09 bits per heavy atom. The lowest BCUT2D eigenvalue weighted by atomic mass is 10.0. The van der Waals surface area contributed by atoms with E-state index in [1.54, 1.807) is 10.6 Å². The Labute approximate surface area is 200 Å². The minimum atomic E-state index is -4.48. The third-order valence-electron chi connectivity index (χ3n) is 5.11. The zero-order valence-electron chi connectivity index (χ0n) is 18.1. The first-order chi connectivity index (χ1) is 15.6. The van der Waals surface area contributed by atoms with Gasteiger partial charge < -0.3 is 0 Å². The Kier molecular flexibility index (Phi) is 6.61. The molecule has 0 amide bonds. The summed E-state index contributed by atoms with van der Waals surface area (Å²) in [5.41, 5.74) is -1.40. The summed E-state index contributed by atoms with van der Waals surface area (Å²) >= 11 is 4.09. The van der Waals surface area contributed by atoms with Crippen LogP contribution in [-0.2, 0) is 26.2 Å². The number of fused-ring (bicyclic) bond motifs is 1. The van der Waals surface area contributed by atoms with Crippen LogP contribution in [0.1, 0.15) is 29.9 Å². The van der Waals surface area contributed by atoms with Crippen LogP contribution in [0.15, 0.2) is 60.5 Å². The Bertz CT molecular complexity index is 1410. The smallest absolute Gasteiger partial charge is 0.284 e. The van der Waals surface area contributed by atoms with Crippen molar-refractivity contribution in [1.29, 1.82) is 0 Å². The third kappa shape index (κ3) is 4.69. The molecule has 0 aliphatic carbocycles. The summed E-state index contributed by atoms with van der Waals surface area (Å²) in [6, 6.07) is 9.27. The molecule has 0 fully saturated rings. The van der Waals surface area contributed by atoms with Gasteiger partial charge in [-0.15, -0.1) is 22.7 Å². The standard InChI is InChI=1S/C23H21F3N2O2S3/c1-13(2)12-28-21-18(20(29)27(3)22(28)30)19(33-17-9-6-10-31-17)16(32-21)11-14-7-4-5-8-15(14)23(24,25)26/h4-10,13H,11-12H2,1-3H3. The molecule has 10 heteroatoms. The maximum Gasteiger partial charge on any atom is 0.416 e. The maximum absolute atomic E-state index is 13.6. The van der Waals surface area contributed by atoms with Crippen molar-refractivity contribution >= 4 is 44.7 Å². The molecule has 0 atom stereocenters. The van der Waals surface area contributed by atoms with Crippen molar-refractivity contribution in [2.45, 2.75) is 42.1 Å². The van der Waals surface area contributed by atoms with Crippen LogP contribution in [0.2, 0.25) is 0 Å². The number of alkyl halides is 3. The van der Waals surface area contributed by atoms with Gasteiger partial charge >= 0.3 is 11.9 Å². The average molecular weight is 511 g/mol. The first kappa shape index (κ1) is 23.8. The molecule has 1 aromatic carbocycles. The zero-order chi connectivity index (χ0) is 23.9. The predicted molar refractivity (Wildman–Crippen MR) is 129 cm³/mol. The largest absolute Gasteiger partial charge is 0.416 e. The van der Waals surface area contributed by atoms with Gasteiger partial charge in [0.1, 0.15) is 4.83 Å². The van der Waals surface area contributed by atoms with Gasteiger partial charge in [0.25, 0.3) is 5.56 Å². The lowest BCUT2D eigenvalue weighted by molar-refractivity contribution is -0.138. The number of aromatic nitrogens is 2. The predicted octanol–water partition coefficient (Wildman–Crippen LogP) is 6.24. The lowest BCUT2D eigenvalue weighted by Crippen LogP contribution is -2.38. The zero-order valence-corrected chi connectivity index (χ0v) is 20.6. The van der Waals surface area contributed by atoms with Crippen LogP contribution in [-0.4, -0.2) is 9.13 Å². The molecule has 4 rings (SSSR count). The first-order valence-corrected chi connectivity index (χ1v) is 12.7. The quantitative estimate of drug-likeness (QED) is 0.308. The Hall–Kier alpha value is -2.30. The summed E-state index contributed by atoms with van der Waals surface area (Å²) in [5, 5.41) is 2.29. The normalized spacial score (nSPS) is 12.2. The minimum Gasteiger partial charge on any atom is -0.284 e. The maximum atomic E-state index is 13.6. The van der Waals surface area contributed by atoms with Crippen molar-refractivity contribution < 1.29 is 13.2 Å². The molecule has 3 aromatic heterocycles. The molecule has 0 saturated heterocycles. The Morgan fingerprint density at radius 3 is 2.45 bits per heavy atom. The van der Waals surface area contributed by atoms with Crippen molar-refractivity contribution in [2.75, 3.05) is 0 Å². The van der Waals surface area contributed by atoms with Crippen LogP contribution >= 0.6 is 34.4 Å². The lowest BCUT2D eigenvalue weighted by Gasteiger charge is -2.12. The first-order valence-electron chi connectivity index (χ1n) is 10.2. The van der Waals surface area contributed by atoms with Crippen LogP contribution in [0.3, 0.4) is 0 Å². The number of halogens is 3. The summed E-state index contributed by atoms with van der Waals surface area (Å²) in [4.78, 5) is 27.9. The van der Waals surface area contributed by atoms with E-state index in [4.69, 9.17) is 0 Å². The van der Waals surface area contributed by atoms with E-state index >= 15 is 0 Å². The second-order valence-corrected chi connectivity index (χ2v) is 11.4. The van der Waals surface area contributed by atoms with E-state index in [9.17, 15) is 22.8 Å². The summed E-state index contributed by atoms with van der Waals surface area (Å²) in [7, 11) is 1.44. The molecule has 33 heavy (non-hydrogen) atoms. The highest BCUT2D eigenvalue weighted by Gasteiger charge is 2.33. The van der Waals surface area contributed by atoms with Crippen molar-refractivity contribution in [3.05, 3.63) is 78.6 Å². The fourth-order valence-corrected chi connectivity index (χ4v) is 7.05. The fraction of sp³-hybridized carbons (Fsp3) is 0.304. The van der Waals surface area contributed by atoms with Gasteiger partial charge in [-0.3, -0.25) is 13.9 Å². The number of benzene rings is 1. The summed E-state index contributed by atoms with van der Waals surface area (Å²) in [6.45, 7) is 4.35. The van der Waals surface area contributed by atoms with E-state index < -0.39 is 23.0 Å². The molecule has 0 unspecified atom stereocenters. The van der Waals surface area contributed by atoms with Crippen molar-refractivity contribution in [1.82, 2.24) is 9.13 Å². The molecule has 4 nitrogen and oxygen atoms in total. The Balaban J connectivity index is 1.99. The summed E-state index contributed by atoms with van der Waals surface area (Å²) in [5.74, 6) is 0.147. The van der Waals surface area contributed by atoms with Crippen LogP contribution in [0.5, 0.6) is 0 Å². The topological polar surface area (TPSA) is 44.0 Å². The Morgan fingerprint density at radius 2 is 1.82 bits per heavy atom. The average Bonchev–Trinajstić information content (AvgIpc) is 3.38.